The van der Waals surface area contributed by atoms with E-state index >= 15 is 0 Å². The lowest BCUT2D eigenvalue weighted by Gasteiger charge is -2.09. The number of nitrogens with zero attached hydrogens (tertiary/aromatic N) is 2. The molecule has 4 nitrogen and oxygen atoms in total. The molecule has 0 saturated heterocycles. The summed E-state index contributed by atoms with van der Waals surface area (Å²) in [6.45, 7) is 1.41. The third-order valence-electron chi connectivity index (χ3n) is 2.22. The fourth-order valence-electron chi connectivity index (χ4n) is 1.33. The van der Waals surface area contributed by atoms with Crippen molar-refractivity contribution in [2.45, 2.75) is 13.5 Å². The number of hydrogen-bond acceptors (Lipinski definition) is 4. The van der Waals surface area contributed by atoms with Gasteiger partial charge in [0.1, 0.15) is 5.82 Å². The van der Waals surface area contributed by atoms with Crippen LogP contribution in [0.4, 0.5) is 4.39 Å². The van der Waals surface area contributed by atoms with Crippen molar-refractivity contribution in [3.05, 3.63) is 46.1 Å². The van der Waals surface area contributed by atoms with Gasteiger partial charge in [0.05, 0.1) is 12.2 Å². The van der Waals surface area contributed by atoms with E-state index in [0.717, 1.165) is 0 Å². The summed E-state index contributed by atoms with van der Waals surface area (Å²) in [7, 11) is 0. The van der Waals surface area contributed by atoms with E-state index in [4.69, 9.17) is 9.84 Å². The summed E-state index contributed by atoms with van der Waals surface area (Å²) in [4.78, 5) is 7.97. The van der Waals surface area contributed by atoms with E-state index in [1.807, 2.05) is 0 Å². The van der Waals surface area contributed by atoms with Crippen molar-refractivity contribution >= 4 is 15.9 Å². The number of aryl methyl sites for hydroxylation is 1. The molecule has 2 aromatic rings. The number of hydrogen-bond donors (Lipinski definition) is 1. The zero-order valence-corrected chi connectivity index (χ0v) is 11.1. The Labute approximate surface area is 112 Å². The van der Waals surface area contributed by atoms with Crippen molar-refractivity contribution in [2.75, 3.05) is 0 Å². The van der Waals surface area contributed by atoms with Crippen molar-refractivity contribution < 1.29 is 14.2 Å². The zero-order chi connectivity index (χ0) is 13.1. The molecule has 1 heterocycles. The van der Waals surface area contributed by atoms with E-state index in [1.54, 1.807) is 13.0 Å². The minimum absolute atomic E-state index is 0.0391. The molecule has 0 aliphatic carbocycles. The molecular formula is C12H10BrFN2O2. The van der Waals surface area contributed by atoms with Gasteiger partial charge in [-0.2, -0.15) is 4.98 Å². The quantitative estimate of drug-likeness (QED) is 0.946. The minimum Gasteiger partial charge on any atom is -0.435 e. The molecule has 1 aromatic heterocycles. The number of aliphatic hydroxyl groups is 1. The molecule has 0 radical (unpaired) electrons. The highest BCUT2D eigenvalue weighted by atomic mass is 79.9. The predicted molar refractivity (Wildman–Crippen MR) is 66.9 cm³/mol. The Balaban J connectivity index is 2.38. The van der Waals surface area contributed by atoms with E-state index in [0.29, 0.717) is 15.9 Å². The molecule has 2 rings (SSSR count). The second-order valence-corrected chi connectivity index (χ2v) is 4.50. The first-order valence-electron chi connectivity index (χ1n) is 5.16. The van der Waals surface area contributed by atoms with Crippen LogP contribution in [0.2, 0.25) is 0 Å². The average molecular weight is 313 g/mol. The maximum atomic E-state index is 13.5. The molecule has 0 spiro atoms. The third-order valence-corrected chi connectivity index (χ3v) is 2.71. The van der Waals surface area contributed by atoms with Crippen LogP contribution in [-0.4, -0.2) is 15.1 Å². The van der Waals surface area contributed by atoms with Crippen LogP contribution in [0.3, 0.4) is 0 Å². The van der Waals surface area contributed by atoms with Crippen molar-refractivity contribution in [3.8, 4) is 11.6 Å². The van der Waals surface area contributed by atoms with Gasteiger partial charge < -0.3 is 9.84 Å². The van der Waals surface area contributed by atoms with Crippen molar-refractivity contribution in [1.82, 2.24) is 9.97 Å². The summed E-state index contributed by atoms with van der Waals surface area (Å²) < 4.78 is 19.6. The van der Waals surface area contributed by atoms with Gasteiger partial charge in [0.15, 0.2) is 11.6 Å². The average Bonchev–Trinajstić information content (AvgIpc) is 2.34. The van der Waals surface area contributed by atoms with Gasteiger partial charge in [0, 0.05) is 10.7 Å². The van der Waals surface area contributed by atoms with E-state index in [1.165, 1.54) is 18.3 Å². The molecule has 0 amide bonds. The molecule has 0 fully saturated rings. The zero-order valence-electron chi connectivity index (χ0n) is 9.52. The lowest BCUT2D eigenvalue weighted by atomic mass is 10.3. The number of benzene rings is 1. The minimum atomic E-state index is -0.502. The van der Waals surface area contributed by atoms with Crippen molar-refractivity contribution in [3.63, 3.8) is 0 Å². The molecule has 0 aliphatic heterocycles. The first-order valence-corrected chi connectivity index (χ1v) is 5.95. The molecule has 6 heteroatoms. The summed E-state index contributed by atoms with van der Waals surface area (Å²) in [6.07, 6.45) is 1.45. The Bertz CT molecular complexity index is 578. The smallest absolute Gasteiger partial charge is 0.228 e. The van der Waals surface area contributed by atoms with Gasteiger partial charge in [-0.15, -0.1) is 0 Å². The van der Waals surface area contributed by atoms with Gasteiger partial charge in [0.2, 0.25) is 5.88 Å². The monoisotopic (exact) mass is 312 g/mol. The first-order chi connectivity index (χ1) is 8.60. The number of aromatic nitrogens is 2. The third kappa shape index (κ3) is 2.83. The molecule has 18 heavy (non-hydrogen) atoms. The highest BCUT2D eigenvalue weighted by molar-refractivity contribution is 9.10. The van der Waals surface area contributed by atoms with Crippen molar-refractivity contribution in [1.29, 1.82) is 0 Å². The SMILES string of the molecule is Cc1ncc(CO)c(Oc2cc(Br)ccc2F)n1. The summed E-state index contributed by atoms with van der Waals surface area (Å²) >= 11 is 3.23. The first kappa shape index (κ1) is 12.9. The topological polar surface area (TPSA) is 55.2 Å². The fourth-order valence-corrected chi connectivity index (χ4v) is 1.67. The lowest BCUT2D eigenvalue weighted by Crippen LogP contribution is -1.99. The van der Waals surface area contributed by atoms with Crippen molar-refractivity contribution in [2.24, 2.45) is 0 Å². The highest BCUT2D eigenvalue weighted by Gasteiger charge is 2.11. The summed E-state index contributed by atoms with van der Waals surface area (Å²) in [5.74, 6) is 0.176. The number of halogens is 2. The maximum Gasteiger partial charge on any atom is 0.228 e. The largest absolute Gasteiger partial charge is 0.435 e. The Kier molecular flexibility index (Phi) is 3.88. The molecule has 0 unspecified atom stereocenters. The highest BCUT2D eigenvalue weighted by Crippen LogP contribution is 2.28. The van der Waals surface area contributed by atoms with Gasteiger partial charge in [-0.3, -0.25) is 0 Å². The summed E-state index contributed by atoms with van der Waals surface area (Å²) in [6, 6.07) is 4.35. The van der Waals surface area contributed by atoms with E-state index in [9.17, 15) is 4.39 Å². The standard InChI is InChI=1S/C12H10BrFN2O2/c1-7-15-5-8(6-17)12(16-7)18-11-4-9(13)2-3-10(11)14/h2-5,17H,6H2,1H3. The molecule has 0 atom stereocenters. The van der Waals surface area contributed by atoms with E-state index in [2.05, 4.69) is 25.9 Å². The van der Waals surface area contributed by atoms with Crippen LogP contribution in [0.5, 0.6) is 11.6 Å². The van der Waals surface area contributed by atoms with Crippen LogP contribution in [0.1, 0.15) is 11.4 Å². The van der Waals surface area contributed by atoms with Gasteiger partial charge >= 0.3 is 0 Å². The summed E-state index contributed by atoms with van der Waals surface area (Å²) in [5.41, 5.74) is 0.403. The normalized spacial score (nSPS) is 10.4. The number of rotatable bonds is 3. The van der Waals surface area contributed by atoms with E-state index < -0.39 is 5.82 Å². The number of ether oxygens (including phenoxy) is 1. The Morgan fingerprint density at radius 3 is 2.94 bits per heavy atom. The van der Waals surface area contributed by atoms with Gasteiger partial charge in [0.25, 0.3) is 0 Å². The molecular weight excluding hydrogens is 303 g/mol. The second kappa shape index (κ2) is 5.41. The number of aliphatic hydroxyl groups excluding tert-OH is 1. The second-order valence-electron chi connectivity index (χ2n) is 3.58. The van der Waals surface area contributed by atoms with Crippen LogP contribution < -0.4 is 4.74 Å². The Hall–Kier alpha value is -1.53. The molecule has 94 valence electrons. The Morgan fingerprint density at radius 2 is 2.22 bits per heavy atom. The van der Waals surface area contributed by atoms with Crippen LogP contribution in [0, 0.1) is 12.7 Å². The van der Waals surface area contributed by atoms with Gasteiger partial charge in [-0.25, -0.2) is 9.37 Å². The van der Waals surface area contributed by atoms with Gasteiger partial charge in [-0.05, 0) is 25.1 Å². The predicted octanol–water partition coefficient (Wildman–Crippen LogP) is 2.97. The lowest BCUT2D eigenvalue weighted by molar-refractivity contribution is 0.273. The Morgan fingerprint density at radius 1 is 1.44 bits per heavy atom. The van der Waals surface area contributed by atoms with E-state index in [-0.39, 0.29) is 18.2 Å². The molecule has 0 saturated carbocycles. The summed E-state index contributed by atoms with van der Waals surface area (Å²) in [5, 5.41) is 9.15. The van der Waals surface area contributed by atoms with Crippen LogP contribution in [0.25, 0.3) is 0 Å². The molecule has 1 N–H and O–H groups in total. The molecule has 0 bridgehead atoms. The van der Waals surface area contributed by atoms with Crippen LogP contribution >= 0.6 is 15.9 Å². The van der Waals surface area contributed by atoms with Crippen LogP contribution in [0.15, 0.2) is 28.9 Å². The maximum absolute atomic E-state index is 13.5. The molecule has 0 aliphatic rings. The molecule has 1 aromatic carbocycles. The fraction of sp³-hybridized carbons (Fsp3) is 0.167. The van der Waals surface area contributed by atoms with Gasteiger partial charge in [-0.1, -0.05) is 15.9 Å². The van der Waals surface area contributed by atoms with Crippen LogP contribution in [-0.2, 0) is 6.61 Å².